The van der Waals surface area contributed by atoms with Crippen LogP contribution in [-0.4, -0.2) is 40.3 Å². The van der Waals surface area contributed by atoms with Crippen molar-refractivity contribution < 1.29 is 9.59 Å². The number of nitrogens with zero attached hydrogens (tertiary/aromatic N) is 3. The number of piperidine rings is 1. The number of anilines is 2. The number of hydrogen-bond donors (Lipinski definition) is 2. The fraction of sp³-hybridized carbons (Fsp3) is 0.750. The first kappa shape index (κ1) is 17.1. The molecule has 8 heteroatoms. The van der Waals surface area contributed by atoms with E-state index in [9.17, 15) is 9.59 Å². The zero-order valence-corrected chi connectivity index (χ0v) is 14.9. The molecule has 2 heterocycles. The third kappa shape index (κ3) is 4.43. The number of carbonyl (C=O) groups excluding carboxylic acids is 2. The van der Waals surface area contributed by atoms with Crippen molar-refractivity contribution in [2.45, 2.75) is 57.9 Å². The molecule has 1 atom stereocenters. The molecule has 1 aromatic heterocycles. The Morgan fingerprint density at radius 2 is 1.96 bits per heavy atom. The summed E-state index contributed by atoms with van der Waals surface area (Å²) >= 11 is 1.27. The second-order valence-electron chi connectivity index (χ2n) is 6.71. The molecular formula is C16H25N5O2S. The van der Waals surface area contributed by atoms with E-state index >= 15 is 0 Å². The van der Waals surface area contributed by atoms with Gasteiger partial charge in [-0.25, -0.2) is 0 Å². The van der Waals surface area contributed by atoms with Crippen molar-refractivity contribution in [3.63, 3.8) is 0 Å². The predicted molar refractivity (Wildman–Crippen MR) is 94.2 cm³/mol. The van der Waals surface area contributed by atoms with Gasteiger partial charge >= 0.3 is 0 Å². The van der Waals surface area contributed by atoms with Gasteiger partial charge in [-0.15, -0.1) is 0 Å². The van der Waals surface area contributed by atoms with Crippen molar-refractivity contribution in [3.05, 3.63) is 0 Å². The molecule has 1 saturated carbocycles. The average Bonchev–Trinajstić information content (AvgIpc) is 3.03. The summed E-state index contributed by atoms with van der Waals surface area (Å²) in [4.78, 5) is 30.1. The van der Waals surface area contributed by atoms with Gasteiger partial charge in [0, 0.05) is 37.6 Å². The number of amides is 2. The van der Waals surface area contributed by atoms with Crippen LogP contribution in [-0.2, 0) is 9.59 Å². The molecule has 0 spiro atoms. The number of aromatic nitrogens is 2. The van der Waals surface area contributed by atoms with Gasteiger partial charge < -0.3 is 10.2 Å². The summed E-state index contributed by atoms with van der Waals surface area (Å²) in [5, 5.41) is 6.60. The van der Waals surface area contributed by atoms with Crippen molar-refractivity contribution in [2.24, 2.45) is 5.92 Å². The Morgan fingerprint density at radius 3 is 2.71 bits per heavy atom. The van der Waals surface area contributed by atoms with Crippen LogP contribution in [0.15, 0.2) is 0 Å². The van der Waals surface area contributed by atoms with Crippen molar-refractivity contribution in [3.8, 4) is 0 Å². The van der Waals surface area contributed by atoms with Crippen molar-refractivity contribution in [1.29, 1.82) is 0 Å². The van der Waals surface area contributed by atoms with Gasteiger partial charge in [0.2, 0.25) is 22.9 Å². The topological polar surface area (TPSA) is 87.2 Å². The maximum absolute atomic E-state index is 12.6. The quantitative estimate of drug-likeness (QED) is 0.868. The molecule has 1 aliphatic heterocycles. The highest BCUT2D eigenvalue weighted by Gasteiger charge is 2.29. The van der Waals surface area contributed by atoms with Gasteiger partial charge in [0.1, 0.15) is 0 Å². The van der Waals surface area contributed by atoms with E-state index in [0.29, 0.717) is 18.5 Å². The fourth-order valence-electron chi connectivity index (χ4n) is 3.48. The number of hydrogen-bond acceptors (Lipinski definition) is 6. The van der Waals surface area contributed by atoms with Crippen LogP contribution < -0.4 is 15.5 Å². The van der Waals surface area contributed by atoms with Crippen LogP contribution in [0.5, 0.6) is 0 Å². The summed E-state index contributed by atoms with van der Waals surface area (Å²) in [7, 11) is 0. The molecule has 2 aliphatic rings. The standard InChI is InChI=1S/C16H25N5O2S/c1-11(22)17-15-19-16(24-20-15)21-9-5-6-12(10-21)14(23)18-13-7-3-2-4-8-13/h12-13H,2-10H2,1H3,(H,18,23)(H,17,20,22)/t12-/m1/s1. The lowest BCUT2D eigenvalue weighted by Gasteiger charge is -2.33. The van der Waals surface area contributed by atoms with Crippen LogP contribution in [0.2, 0.25) is 0 Å². The monoisotopic (exact) mass is 351 g/mol. The highest BCUT2D eigenvalue weighted by atomic mass is 32.1. The average molecular weight is 351 g/mol. The highest BCUT2D eigenvalue weighted by molar-refractivity contribution is 7.09. The summed E-state index contributed by atoms with van der Waals surface area (Å²) < 4.78 is 4.15. The third-order valence-corrected chi connectivity index (χ3v) is 5.49. The van der Waals surface area contributed by atoms with E-state index in [-0.39, 0.29) is 17.7 Å². The Labute approximate surface area is 146 Å². The molecule has 24 heavy (non-hydrogen) atoms. The molecule has 0 bridgehead atoms. The van der Waals surface area contributed by atoms with Crippen LogP contribution in [0.4, 0.5) is 11.1 Å². The Morgan fingerprint density at radius 1 is 1.17 bits per heavy atom. The first-order valence-corrected chi connectivity index (χ1v) is 9.56. The molecule has 2 N–H and O–H groups in total. The zero-order valence-electron chi connectivity index (χ0n) is 14.1. The minimum Gasteiger partial charge on any atom is -0.353 e. The van der Waals surface area contributed by atoms with Crippen molar-refractivity contribution in [2.75, 3.05) is 23.3 Å². The van der Waals surface area contributed by atoms with Gasteiger partial charge in [0.25, 0.3) is 0 Å². The van der Waals surface area contributed by atoms with Crippen LogP contribution in [0.3, 0.4) is 0 Å². The lowest BCUT2D eigenvalue weighted by atomic mass is 9.93. The minimum atomic E-state index is -0.178. The van der Waals surface area contributed by atoms with Gasteiger partial charge in [-0.05, 0) is 25.7 Å². The van der Waals surface area contributed by atoms with Gasteiger partial charge in [-0.2, -0.15) is 9.36 Å². The van der Waals surface area contributed by atoms with E-state index in [1.165, 1.54) is 37.7 Å². The Balaban J connectivity index is 1.56. The predicted octanol–water partition coefficient (Wildman–Crippen LogP) is 2.16. The summed E-state index contributed by atoms with van der Waals surface area (Å²) in [6.45, 7) is 2.99. The molecule has 0 unspecified atom stereocenters. The van der Waals surface area contributed by atoms with E-state index in [2.05, 4.69) is 24.9 Å². The molecule has 1 aromatic rings. The molecule has 1 aliphatic carbocycles. The smallest absolute Gasteiger partial charge is 0.243 e. The molecule has 7 nitrogen and oxygen atoms in total. The van der Waals surface area contributed by atoms with Gasteiger partial charge in [-0.3, -0.25) is 14.9 Å². The second-order valence-corrected chi connectivity index (χ2v) is 7.44. The van der Waals surface area contributed by atoms with Crippen molar-refractivity contribution >= 4 is 34.4 Å². The van der Waals surface area contributed by atoms with Crippen LogP contribution >= 0.6 is 11.5 Å². The first-order chi connectivity index (χ1) is 11.6. The third-order valence-electron chi connectivity index (χ3n) is 4.72. The number of carbonyl (C=O) groups is 2. The zero-order chi connectivity index (χ0) is 16.9. The largest absolute Gasteiger partial charge is 0.353 e. The van der Waals surface area contributed by atoms with E-state index in [4.69, 9.17) is 0 Å². The molecule has 132 valence electrons. The molecule has 3 rings (SSSR count). The molecular weight excluding hydrogens is 326 g/mol. The maximum Gasteiger partial charge on any atom is 0.243 e. The van der Waals surface area contributed by atoms with E-state index < -0.39 is 0 Å². The first-order valence-electron chi connectivity index (χ1n) is 8.78. The fourth-order valence-corrected chi connectivity index (χ4v) is 4.15. The highest BCUT2D eigenvalue weighted by Crippen LogP contribution is 2.26. The van der Waals surface area contributed by atoms with E-state index in [1.807, 2.05) is 0 Å². The molecule has 0 aromatic carbocycles. The van der Waals surface area contributed by atoms with Crippen LogP contribution in [0.1, 0.15) is 51.9 Å². The number of rotatable bonds is 4. The minimum absolute atomic E-state index is 0.00814. The van der Waals surface area contributed by atoms with Gasteiger partial charge in [-0.1, -0.05) is 19.3 Å². The Hall–Kier alpha value is -1.70. The Kier molecular flexibility index (Phi) is 5.65. The van der Waals surface area contributed by atoms with Gasteiger partial charge in [0.05, 0.1) is 5.92 Å². The molecule has 0 radical (unpaired) electrons. The summed E-state index contributed by atoms with van der Waals surface area (Å²) in [6, 6.07) is 0.356. The van der Waals surface area contributed by atoms with Crippen LogP contribution in [0, 0.1) is 5.92 Å². The summed E-state index contributed by atoms with van der Waals surface area (Å²) in [5.74, 6) is 0.353. The molecule has 1 saturated heterocycles. The lowest BCUT2D eigenvalue weighted by Crippen LogP contribution is -2.46. The van der Waals surface area contributed by atoms with Crippen LogP contribution in [0.25, 0.3) is 0 Å². The van der Waals surface area contributed by atoms with E-state index in [0.717, 1.165) is 37.4 Å². The summed E-state index contributed by atoms with van der Waals surface area (Å²) in [6.07, 6.45) is 7.84. The van der Waals surface area contributed by atoms with Crippen molar-refractivity contribution in [1.82, 2.24) is 14.7 Å². The normalized spacial score (nSPS) is 22.2. The molecule has 2 amide bonds. The summed E-state index contributed by atoms with van der Waals surface area (Å²) in [5.41, 5.74) is 0. The Bertz CT molecular complexity index is 585. The lowest BCUT2D eigenvalue weighted by molar-refractivity contribution is -0.126. The SMILES string of the molecule is CC(=O)Nc1nsc(N2CCC[C@@H](C(=O)NC3CCCCC3)C2)n1. The maximum atomic E-state index is 12.6. The van der Waals surface area contributed by atoms with Gasteiger partial charge in [0.15, 0.2) is 0 Å². The molecule has 2 fully saturated rings. The number of nitrogens with one attached hydrogen (secondary N) is 2. The van der Waals surface area contributed by atoms with E-state index in [1.54, 1.807) is 0 Å². The second kappa shape index (κ2) is 7.92.